The maximum absolute atomic E-state index is 14.7. The Balaban J connectivity index is 1.64. The first-order chi connectivity index (χ1) is 15.4. The molecule has 2 aromatic heterocycles. The third-order valence-electron chi connectivity index (χ3n) is 5.46. The second-order valence-corrected chi connectivity index (χ2v) is 7.75. The van der Waals surface area contributed by atoms with Crippen LogP contribution in [-0.4, -0.2) is 39.5 Å². The van der Waals surface area contributed by atoms with E-state index in [2.05, 4.69) is 25.6 Å². The zero-order chi connectivity index (χ0) is 22.7. The second kappa shape index (κ2) is 9.31. The number of nitrogens with one attached hydrogen (secondary N) is 2. The number of fused-ring (bicyclic) bond motifs is 1. The third-order valence-corrected chi connectivity index (χ3v) is 5.46. The van der Waals surface area contributed by atoms with E-state index >= 15 is 0 Å². The molecule has 0 aliphatic heterocycles. The topological polar surface area (TPSA) is 141 Å². The van der Waals surface area contributed by atoms with Crippen molar-refractivity contribution < 1.29 is 13.9 Å². The van der Waals surface area contributed by atoms with Gasteiger partial charge in [-0.1, -0.05) is 12.8 Å². The highest BCUT2D eigenvalue weighted by Gasteiger charge is 2.24. The molecule has 1 aromatic carbocycles. The number of pyridine rings is 1. The Morgan fingerprint density at radius 3 is 2.75 bits per heavy atom. The molecular formula is C22H26FN7O2. The van der Waals surface area contributed by atoms with E-state index in [0.717, 1.165) is 31.7 Å². The van der Waals surface area contributed by atoms with Crippen molar-refractivity contribution in [3.05, 3.63) is 41.8 Å². The van der Waals surface area contributed by atoms with Crippen LogP contribution in [0, 0.1) is 5.82 Å². The Kier molecular flexibility index (Phi) is 6.31. The molecule has 1 aliphatic rings. The van der Waals surface area contributed by atoms with Crippen LogP contribution in [-0.2, 0) is 0 Å². The van der Waals surface area contributed by atoms with E-state index in [1.165, 1.54) is 6.20 Å². The van der Waals surface area contributed by atoms with E-state index in [-0.39, 0.29) is 29.3 Å². The number of nitrogens with zero attached hydrogens (tertiary/aromatic N) is 3. The molecule has 1 aliphatic carbocycles. The summed E-state index contributed by atoms with van der Waals surface area (Å²) in [7, 11) is 0. The van der Waals surface area contributed by atoms with Crippen molar-refractivity contribution in [3.8, 4) is 5.88 Å². The van der Waals surface area contributed by atoms with Crippen LogP contribution in [0.5, 0.6) is 5.88 Å². The molecule has 1 amide bonds. The van der Waals surface area contributed by atoms with E-state index in [1.807, 2.05) is 6.92 Å². The summed E-state index contributed by atoms with van der Waals surface area (Å²) in [6.07, 6.45) is 5.30. The van der Waals surface area contributed by atoms with Crippen molar-refractivity contribution in [1.29, 1.82) is 0 Å². The zero-order valence-corrected chi connectivity index (χ0v) is 17.8. The number of aromatic nitrogens is 3. The largest absolute Gasteiger partial charge is 0.477 e. The number of carbonyl (C=O) groups excluding carboxylic acids is 1. The van der Waals surface area contributed by atoms with Crippen LogP contribution in [0.1, 0.15) is 43.0 Å². The van der Waals surface area contributed by atoms with Gasteiger partial charge in [-0.2, -0.15) is 0 Å². The first-order valence-corrected chi connectivity index (χ1v) is 10.6. The van der Waals surface area contributed by atoms with Gasteiger partial charge in [0, 0.05) is 17.8 Å². The van der Waals surface area contributed by atoms with Gasteiger partial charge in [0.2, 0.25) is 5.88 Å². The highest BCUT2D eigenvalue weighted by atomic mass is 19.1. The Bertz CT molecular complexity index is 1140. The molecule has 0 radical (unpaired) electrons. The van der Waals surface area contributed by atoms with Crippen LogP contribution in [0.4, 0.5) is 21.7 Å². The average Bonchev–Trinajstić information content (AvgIpc) is 2.77. The molecule has 0 saturated heterocycles. The number of carbonyl (C=O) groups is 1. The number of benzene rings is 1. The Morgan fingerprint density at radius 1 is 1.19 bits per heavy atom. The van der Waals surface area contributed by atoms with E-state index in [4.69, 9.17) is 16.2 Å². The SMILES string of the molecule is CCOc1cnc2cc(Nc3nc(N[C@@H]4CCCC[C@@H]4N)c(F)cc3C(N)=O)ccc2n1. The fraction of sp³-hybridized carbons (Fsp3) is 0.364. The number of anilines is 3. The van der Waals surface area contributed by atoms with E-state index in [1.54, 1.807) is 18.2 Å². The summed E-state index contributed by atoms with van der Waals surface area (Å²) in [4.78, 5) is 25.0. The van der Waals surface area contributed by atoms with Gasteiger partial charge in [0.25, 0.3) is 5.91 Å². The molecule has 2 atom stereocenters. The number of amides is 1. The fourth-order valence-corrected chi connectivity index (χ4v) is 3.81. The molecule has 0 bridgehead atoms. The molecule has 3 aromatic rings. The van der Waals surface area contributed by atoms with Crippen LogP contribution >= 0.6 is 0 Å². The molecule has 10 heteroatoms. The van der Waals surface area contributed by atoms with Crippen molar-refractivity contribution in [2.24, 2.45) is 11.5 Å². The minimum atomic E-state index is -0.790. The number of hydrogen-bond acceptors (Lipinski definition) is 8. The molecule has 0 spiro atoms. The molecule has 1 fully saturated rings. The molecule has 6 N–H and O–H groups in total. The first-order valence-electron chi connectivity index (χ1n) is 10.6. The molecule has 168 valence electrons. The summed E-state index contributed by atoms with van der Waals surface area (Å²) in [5.41, 5.74) is 13.4. The van der Waals surface area contributed by atoms with Gasteiger partial charge in [0.05, 0.1) is 29.4 Å². The molecule has 4 rings (SSSR count). The predicted molar refractivity (Wildman–Crippen MR) is 121 cm³/mol. The molecule has 1 saturated carbocycles. The minimum Gasteiger partial charge on any atom is -0.477 e. The molecular weight excluding hydrogens is 413 g/mol. The highest BCUT2D eigenvalue weighted by molar-refractivity contribution is 5.98. The van der Waals surface area contributed by atoms with Gasteiger partial charge in [-0.3, -0.25) is 4.79 Å². The van der Waals surface area contributed by atoms with Crippen molar-refractivity contribution in [2.75, 3.05) is 17.2 Å². The summed E-state index contributed by atoms with van der Waals surface area (Å²) in [5, 5.41) is 6.15. The zero-order valence-electron chi connectivity index (χ0n) is 17.8. The summed E-state index contributed by atoms with van der Waals surface area (Å²) in [5.74, 6) is -0.837. The van der Waals surface area contributed by atoms with Gasteiger partial charge in [0.1, 0.15) is 5.82 Å². The Hall–Kier alpha value is -3.53. The van der Waals surface area contributed by atoms with Crippen LogP contribution < -0.4 is 26.8 Å². The van der Waals surface area contributed by atoms with Gasteiger partial charge < -0.3 is 26.8 Å². The summed E-state index contributed by atoms with van der Waals surface area (Å²) in [6, 6.07) is 6.18. The van der Waals surface area contributed by atoms with Gasteiger partial charge in [-0.15, -0.1) is 0 Å². The first kappa shape index (κ1) is 21.7. The maximum atomic E-state index is 14.7. The maximum Gasteiger partial charge on any atom is 0.252 e. The number of nitrogens with two attached hydrogens (primary N) is 2. The average molecular weight is 439 g/mol. The lowest BCUT2D eigenvalue weighted by atomic mass is 9.91. The van der Waals surface area contributed by atoms with Crippen LogP contribution in [0.25, 0.3) is 11.0 Å². The van der Waals surface area contributed by atoms with Crippen LogP contribution in [0.3, 0.4) is 0 Å². The fourth-order valence-electron chi connectivity index (χ4n) is 3.81. The van der Waals surface area contributed by atoms with Crippen molar-refractivity contribution in [3.63, 3.8) is 0 Å². The Labute approximate surface area is 184 Å². The number of rotatable bonds is 7. The van der Waals surface area contributed by atoms with Crippen molar-refractivity contribution in [2.45, 2.75) is 44.7 Å². The molecule has 0 unspecified atom stereocenters. The molecule has 9 nitrogen and oxygen atoms in total. The minimum absolute atomic E-state index is 0.0294. The van der Waals surface area contributed by atoms with Gasteiger partial charge in [-0.05, 0) is 44.0 Å². The Morgan fingerprint density at radius 2 is 2.00 bits per heavy atom. The van der Waals surface area contributed by atoms with E-state index < -0.39 is 11.7 Å². The number of primary amides is 1. The van der Waals surface area contributed by atoms with Crippen molar-refractivity contribution in [1.82, 2.24) is 15.0 Å². The van der Waals surface area contributed by atoms with Crippen molar-refractivity contribution >= 4 is 34.3 Å². The normalized spacial score (nSPS) is 18.3. The van der Waals surface area contributed by atoms with Crippen LogP contribution in [0.2, 0.25) is 0 Å². The quantitative estimate of drug-likeness (QED) is 0.440. The third kappa shape index (κ3) is 4.70. The lowest BCUT2D eigenvalue weighted by molar-refractivity contribution is 0.100. The number of hydrogen-bond donors (Lipinski definition) is 4. The second-order valence-electron chi connectivity index (χ2n) is 7.75. The highest BCUT2D eigenvalue weighted by Crippen LogP contribution is 2.28. The lowest BCUT2D eigenvalue weighted by Crippen LogP contribution is -2.43. The smallest absolute Gasteiger partial charge is 0.252 e. The molecule has 2 heterocycles. The van der Waals surface area contributed by atoms with E-state index in [9.17, 15) is 9.18 Å². The van der Waals surface area contributed by atoms with Gasteiger partial charge in [0.15, 0.2) is 11.6 Å². The summed E-state index contributed by atoms with van der Waals surface area (Å²) >= 11 is 0. The van der Waals surface area contributed by atoms with Gasteiger partial charge >= 0.3 is 0 Å². The monoisotopic (exact) mass is 439 g/mol. The van der Waals surface area contributed by atoms with E-state index in [0.29, 0.717) is 29.2 Å². The summed E-state index contributed by atoms with van der Waals surface area (Å²) in [6.45, 7) is 2.37. The standard InChI is InChI=1S/C22H26FN7O2/c1-2-32-19-11-26-18-9-12(7-8-17(18)28-19)27-21-13(20(25)31)10-14(23)22(30-21)29-16-6-4-3-5-15(16)24/h7-11,15-16H,2-6,24H2,1H3,(H2,25,31)(H2,27,29,30)/t15-,16+/m0/s1. The van der Waals surface area contributed by atoms with Crippen LogP contribution in [0.15, 0.2) is 30.5 Å². The molecule has 32 heavy (non-hydrogen) atoms. The number of ether oxygens (including phenoxy) is 1. The summed E-state index contributed by atoms with van der Waals surface area (Å²) < 4.78 is 20.1. The van der Waals surface area contributed by atoms with Gasteiger partial charge in [-0.25, -0.2) is 19.3 Å². The lowest BCUT2D eigenvalue weighted by Gasteiger charge is -2.30. The predicted octanol–water partition coefficient (Wildman–Crippen LogP) is 3.09. The number of halogens is 1.